The molecule has 0 aromatic carbocycles. The van der Waals surface area contributed by atoms with Crippen LogP contribution in [0.2, 0.25) is 0 Å². The third kappa shape index (κ3) is 3.45. The Morgan fingerprint density at radius 2 is 2.00 bits per heavy atom. The number of rotatable bonds is 7. The quantitative estimate of drug-likeness (QED) is 0.485. The van der Waals surface area contributed by atoms with Crippen molar-refractivity contribution in [1.82, 2.24) is 5.32 Å². The molecule has 0 aromatic rings. The molecule has 82 valence electrons. The van der Waals surface area contributed by atoms with E-state index in [1.165, 1.54) is 44.3 Å². The van der Waals surface area contributed by atoms with Crippen LogP contribution in [0.3, 0.4) is 0 Å². The van der Waals surface area contributed by atoms with Crippen LogP contribution in [0.5, 0.6) is 0 Å². The van der Waals surface area contributed by atoms with E-state index < -0.39 is 0 Å². The molecule has 1 heteroatoms. The normalized spacial score (nSPS) is 25.9. The monoisotopic (exact) mass is 195 g/mol. The lowest BCUT2D eigenvalue weighted by Crippen LogP contribution is -2.35. The van der Waals surface area contributed by atoms with Gasteiger partial charge in [0.25, 0.3) is 0 Å². The Kier molecular flexibility index (Phi) is 5.24. The first-order chi connectivity index (χ1) is 6.77. The zero-order chi connectivity index (χ0) is 10.4. The fraction of sp³-hybridized carbons (Fsp3) is 0.846. The van der Waals surface area contributed by atoms with Crippen molar-refractivity contribution in [2.75, 3.05) is 13.1 Å². The van der Waals surface area contributed by atoms with Crippen molar-refractivity contribution in [2.24, 2.45) is 11.8 Å². The van der Waals surface area contributed by atoms with Gasteiger partial charge in [-0.25, -0.2) is 0 Å². The smallest absolute Gasteiger partial charge is 0.00178 e. The fourth-order valence-electron chi connectivity index (χ4n) is 2.15. The average molecular weight is 195 g/mol. The van der Waals surface area contributed by atoms with Crippen LogP contribution in [-0.4, -0.2) is 13.1 Å². The van der Waals surface area contributed by atoms with Crippen molar-refractivity contribution in [3.63, 3.8) is 0 Å². The van der Waals surface area contributed by atoms with E-state index in [-0.39, 0.29) is 0 Å². The molecule has 1 fully saturated rings. The van der Waals surface area contributed by atoms with Gasteiger partial charge in [0.15, 0.2) is 0 Å². The summed E-state index contributed by atoms with van der Waals surface area (Å²) >= 11 is 0. The van der Waals surface area contributed by atoms with Crippen LogP contribution in [0.1, 0.15) is 46.0 Å². The molecule has 1 rings (SSSR count). The van der Waals surface area contributed by atoms with Crippen LogP contribution in [-0.2, 0) is 0 Å². The minimum Gasteiger partial charge on any atom is -0.316 e. The molecule has 0 spiro atoms. The molecule has 2 unspecified atom stereocenters. The number of hydrogen-bond donors (Lipinski definition) is 1. The van der Waals surface area contributed by atoms with Gasteiger partial charge in [-0.05, 0) is 57.0 Å². The summed E-state index contributed by atoms with van der Waals surface area (Å²) in [5.41, 5.74) is 1.44. The number of allylic oxidation sites excluding steroid dienone is 1. The predicted molar refractivity (Wildman–Crippen MR) is 63.4 cm³/mol. The van der Waals surface area contributed by atoms with E-state index in [2.05, 4.69) is 25.7 Å². The van der Waals surface area contributed by atoms with Gasteiger partial charge in [0.05, 0.1) is 0 Å². The molecular formula is C13H25N. The first-order valence-corrected chi connectivity index (χ1v) is 6.15. The van der Waals surface area contributed by atoms with E-state index in [9.17, 15) is 0 Å². The molecule has 14 heavy (non-hydrogen) atoms. The Bertz CT molecular complexity index is 174. The molecular weight excluding hydrogens is 170 g/mol. The van der Waals surface area contributed by atoms with Gasteiger partial charge in [-0.1, -0.05) is 26.0 Å². The molecule has 1 N–H and O–H groups in total. The maximum atomic E-state index is 4.11. The summed E-state index contributed by atoms with van der Waals surface area (Å²) in [4.78, 5) is 0. The largest absolute Gasteiger partial charge is 0.316 e. The maximum Gasteiger partial charge on any atom is -0.00178 e. The molecule has 0 radical (unpaired) electrons. The second kappa shape index (κ2) is 6.23. The third-order valence-electron chi connectivity index (χ3n) is 3.46. The van der Waals surface area contributed by atoms with Crippen LogP contribution < -0.4 is 5.32 Å². The van der Waals surface area contributed by atoms with Gasteiger partial charge in [-0.2, -0.15) is 0 Å². The highest BCUT2D eigenvalue weighted by Gasteiger charge is 2.29. The van der Waals surface area contributed by atoms with Crippen molar-refractivity contribution in [2.45, 2.75) is 46.0 Å². The summed E-state index contributed by atoms with van der Waals surface area (Å²) in [5.74, 6) is 1.87. The minimum atomic E-state index is 0.935. The van der Waals surface area contributed by atoms with Crippen molar-refractivity contribution < 1.29 is 0 Å². The van der Waals surface area contributed by atoms with Gasteiger partial charge in [0.1, 0.15) is 0 Å². The molecule has 1 aliphatic rings. The molecule has 1 saturated carbocycles. The van der Waals surface area contributed by atoms with Crippen LogP contribution in [0.15, 0.2) is 12.2 Å². The van der Waals surface area contributed by atoms with E-state index in [0.717, 1.165) is 18.3 Å². The second-order valence-corrected chi connectivity index (χ2v) is 4.61. The summed E-state index contributed by atoms with van der Waals surface area (Å²) in [5, 5.41) is 3.53. The second-order valence-electron chi connectivity index (χ2n) is 4.61. The van der Waals surface area contributed by atoms with Crippen molar-refractivity contribution in [3.05, 3.63) is 12.2 Å². The summed E-state index contributed by atoms with van der Waals surface area (Å²) in [6.45, 7) is 11.0. The molecule has 0 bridgehead atoms. The molecule has 2 atom stereocenters. The highest BCUT2D eigenvalue weighted by molar-refractivity contribution is 4.98. The summed E-state index contributed by atoms with van der Waals surface area (Å²) in [6, 6.07) is 0. The van der Waals surface area contributed by atoms with E-state index in [1.807, 2.05) is 0 Å². The van der Waals surface area contributed by atoms with Gasteiger partial charge in [0, 0.05) is 0 Å². The van der Waals surface area contributed by atoms with E-state index in [4.69, 9.17) is 0 Å². The van der Waals surface area contributed by atoms with Gasteiger partial charge < -0.3 is 5.32 Å². The number of hydrogen-bond acceptors (Lipinski definition) is 1. The maximum absolute atomic E-state index is 4.11. The first kappa shape index (κ1) is 11.8. The summed E-state index contributed by atoms with van der Waals surface area (Å²) < 4.78 is 0. The number of nitrogens with one attached hydrogen (secondary N) is 1. The lowest BCUT2D eigenvalue weighted by molar-refractivity contribution is 0.170. The Labute approximate surface area is 89.0 Å². The standard InChI is InChI=1S/C13H25N/c1-4-8-14-10-13-7-6-12(13)9-11(3)5-2/h12-14H,3-10H2,1-2H3. The molecule has 1 aliphatic carbocycles. The van der Waals surface area contributed by atoms with E-state index >= 15 is 0 Å². The topological polar surface area (TPSA) is 12.0 Å². The van der Waals surface area contributed by atoms with Crippen LogP contribution in [0.4, 0.5) is 0 Å². The Morgan fingerprint density at radius 1 is 1.29 bits per heavy atom. The highest BCUT2D eigenvalue weighted by Crippen LogP contribution is 2.38. The van der Waals surface area contributed by atoms with E-state index in [1.54, 1.807) is 0 Å². The molecule has 0 aliphatic heterocycles. The van der Waals surface area contributed by atoms with Gasteiger partial charge in [-0.15, -0.1) is 0 Å². The zero-order valence-corrected chi connectivity index (χ0v) is 9.81. The van der Waals surface area contributed by atoms with Crippen LogP contribution in [0.25, 0.3) is 0 Å². The first-order valence-electron chi connectivity index (χ1n) is 6.15. The summed E-state index contributed by atoms with van der Waals surface area (Å²) in [6.07, 6.45) is 6.54. The third-order valence-corrected chi connectivity index (χ3v) is 3.46. The highest BCUT2D eigenvalue weighted by atomic mass is 14.9. The average Bonchev–Trinajstić information content (AvgIpc) is 2.18. The zero-order valence-electron chi connectivity index (χ0n) is 9.81. The van der Waals surface area contributed by atoms with E-state index in [0.29, 0.717) is 0 Å². The lowest BCUT2D eigenvalue weighted by atomic mass is 9.70. The molecule has 0 saturated heterocycles. The van der Waals surface area contributed by atoms with Crippen LogP contribution >= 0.6 is 0 Å². The van der Waals surface area contributed by atoms with Crippen molar-refractivity contribution in [3.8, 4) is 0 Å². The Hall–Kier alpha value is -0.300. The lowest BCUT2D eigenvalue weighted by Gasteiger charge is -2.37. The molecule has 0 amide bonds. The van der Waals surface area contributed by atoms with Gasteiger partial charge >= 0.3 is 0 Å². The summed E-state index contributed by atoms with van der Waals surface area (Å²) in [7, 11) is 0. The SMILES string of the molecule is C=C(CC)CC1CCC1CNCCC. The Morgan fingerprint density at radius 3 is 2.50 bits per heavy atom. The van der Waals surface area contributed by atoms with Crippen molar-refractivity contribution in [1.29, 1.82) is 0 Å². The van der Waals surface area contributed by atoms with Crippen LogP contribution in [0, 0.1) is 11.8 Å². The molecule has 0 aromatic heterocycles. The minimum absolute atomic E-state index is 0.935. The fourth-order valence-corrected chi connectivity index (χ4v) is 2.15. The predicted octanol–water partition coefficient (Wildman–Crippen LogP) is 3.37. The van der Waals surface area contributed by atoms with Crippen molar-refractivity contribution >= 4 is 0 Å². The van der Waals surface area contributed by atoms with Gasteiger partial charge in [0.2, 0.25) is 0 Å². The Balaban J connectivity index is 2.12. The molecule has 0 heterocycles. The van der Waals surface area contributed by atoms with Gasteiger partial charge in [-0.3, -0.25) is 0 Å². The molecule has 1 nitrogen and oxygen atoms in total.